The second-order valence-electron chi connectivity index (χ2n) is 3.84. The van der Waals surface area contributed by atoms with Gasteiger partial charge in [0.15, 0.2) is 5.82 Å². The molecule has 16 heavy (non-hydrogen) atoms. The Kier molecular flexibility index (Phi) is 2.57. The van der Waals surface area contributed by atoms with E-state index in [-0.39, 0.29) is 11.9 Å². The molecule has 1 aliphatic rings. The van der Waals surface area contributed by atoms with E-state index in [1.54, 1.807) is 6.07 Å². The molecule has 5 heteroatoms. The van der Waals surface area contributed by atoms with E-state index < -0.39 is 0 Å². The van der Waals surface area contributed by atoms with Crippen molar-refractivity contribution in [2.45, 2.75) is 6.04 Å². The maximum absolute atomic E-state index is 13.5. The Morgan fingerprint density at radius 1 is 1.44 bits per heavy atom. The van der Waals surface area contributed by atoms with Gasteiger partial charge >= 0.3 is 0 Å². The van der Waals surface area contributed by atoms with Gasteiger partial charge in [-0.3, -0.25) is 0 Å². The Bertz CT molecular complexity index is 505. The van der Waals surface area contributed by atoms with Gasteiger partial charge in [0.1, 0.15) is 11.3 Å². The zero-order valence-electron chi connectivity index (χ0n) is 8.66. The molecule has 2 aromatic rings. The van der Waals surface area contributed by atoms with Crippen molar-refractivity contribution in [3.63, 3.8) is 0 Å². The summed E-state index contributed by atoms with van der Waals surface area (Å²) >= 11 is 1.90. The quantitative estimate of drug-likeness (QED) is 0.798. The molecular weight excluding hydrogens is 225 g/mol. The number of nitrogens with zero attached hydrogens (tertiary/aromatic N) is 1. The number of aromatic nitrogens is 2. The summed E-state index contributed by atoms with van der Waals surface area (Å²) in [6, 6.07) is 5.20. The Balaban J connectivity index is 2.01. The van der Waals surface area contributed by atoms with Gasteiger partial charge in [-0.15, -0.1) is 0 Å². The molecule has 2 heterocycles. The van der Waals surface area contributed by atoms with Crippen molar-refractivity contribution >= 4 is 22.8 Å². The number of benzene rings is 1. The van der Waals surface area contributed by atoms with Gasteiger partial charge in [-0.05, 0) is 12.1 Å². The largest absolute Gasteiger partial charge is 0.341 e. The van der Waals surface area contributed by atoms with Gasteiger partial charge < -0.3 is 10.3 Å². The van der Waals surface area contributed by atoms with Crippen molar-refractivity contribution in [2.24, 2.45) is 0 Å². The lowest BCUT2D eigenvalue weighted by Crippen LogP contribution is -2.30. The van der Waals surface area contributed by atoms with Crippen LogP contribution in [0.5, 0.6) is 0 Å². The fourth-order valence-corrected chi connectivity index (χ4v) is 2.86. The van der Waals surface area contributed by atoms with Gasteiger partial charge in [0.25, 0.3) is 0 Å². The number of thioether (sulfide) groups is 1. The summed E-state index contributed by atoms with van der Waals surface area (Å²) in [4.78, 5) is 7.51. The molecule has 1 aromatic carbocycles. The Hall–Kier alpha value is -1.07. The summed E-state index contributed by atoms with van der Waals surface area (Å²) in [5.74, 6) is 2.70. The highest BCUT2D eigenvalue weighted by Gasteiger charge is 2.19. The number of H-pyrrole nitrogens is 1. The van der Waals surface area contributed by atoms with E-state index in [9.17, 15) is 4.39 Å². The van der Waals surface area contributed by atoms with Crippen LogP contribution in [0.3, 0.4) is 0 Å². The van der Waals surface area contributed by atoms with Gasteiger partial charge in [-0.2, -0.15) is 11.8 Å². The first kappa shape index (κ1) is 10.1. The number of rotatable bonds is 1. The van der Waals surface area contributed by atoms with E-state index >= 15 is 0 Å². The summed E-state index contributed by atoms with van der Waals surface area (Å²) in [6.07, 6.45) is 0. The second-order valence-corrected chi connectivity index (χ2v) is 4.99. The minimum atomic E-state index is -0.261. The lowest BCUT2D eigenvalue weighted by atomic mass is 10.3. The molecule has 1 aliphatic heterocycles. The maximum atomic E-state index is 13.5. The number of nitrogens with one attached hydrogen (secondary N) is 2. The SMILES string of the molecule is Fc1cccc2[nH]c(C3CSCCN3)nc12. The first-order valence-corrected chi connectivity index (χ1v) is 6.45. The third kappa shape index (κ3) is 1.70. The topological polar surface area (TPSA) is 40.7 Å². The number of fused-ring (bicyclic) bond motifs is 1. The molecule has 0 bridgehead atoms. The van der Waals surface area contributed by atoms with Gasteiger partial charge in [0, 0.05) is 18.1 Å². The van der Waals surface area contributed by atoms with Crippen molar-refractivity contribution in [3.05, 3.63) is 29.8 Å². The maximum Gasteiger partial charge on any atom is 0.151 e. The molecule has 0 amide bonds. The average molecular weight is 237 g/mol. The van der Waals surface area contributed by atoms with Crippen molar-refractivity contribution in [2.75, 3.05) is 18.1 Å². The minimum absolute atomic E-state index is 0.213. The third-order valence-electron chi connectivity index (χ3n) is 2.73. The van der Waals surface area contributed by atoms with Crippen LogP contribution in [0.2, 0.25) is 0 Å². The van der Waals surface area contributed by atoms with Crippen LogP contribution in [0.25, 0.3) is 11.0 Å². The number of hydrogen-bond acceptors (Lipinski definition) is 3. The van der Waals surface area contributed by atoms with Crippen LogP contribution in [0.4, 0.5) is 4.39 Å². The molecular formula is C11H12FN3S. The van der Waals surface area contributed by atoms with E-state index in [1.165, 1.54) is 6.07 Å². The Labute approximate surface area is 96.8 Å². The smallest absolute Gasteiger partial charge is 0.151 e. The lowest BCUT2D eigenvalue weighted by molar-refractivity contribution is 0.570. The molecule has 0 spiro atoms. The normalized spacial score (nSPS) is 21.4. The summed E-state index contributed by atoms with van der Waals surface area (Å²) in [7, 11) is 0. The van der Waals surface area contributed by atoms with Crippen LogP contribution in [0, 0.1) is 5.82 Å². The van der Waals surface area contributed by atoms with Crippen LogP contribution in [-0.2, 0) is 0 Å². The molecule has 0 radical (unpaired) electrons. The molecule has 0 aliphatic carbocycles. The Morgan fingerprint density at radius 3 is 3.12 bits per heavy atom. The minimum Gasteiger partial charge on any atom is -0.341 e. The molecule has 1 aromatic heterocycles. The monoisotopic (exact) mass is 237 g/mol. The van der Waals surface area contributed by atoms with Crippen LogP contribution >= 0.6 is 11.8 Å². The van der Waals surface area contributed by atoms with Crippen molar-refractivity contribution in [3.8, 4) is 0 Å². The average Bonchev–Trinajstić information content (AvgIpc) is 2.76. The number of imidazole rings is 1. The first-order valence-electron chi connectivity index (χ1n) is 5.30. The lowest BCUT2D eigenvalue weighted by Gasteiger charge is -2.20. The fourth-order valence-electron chi connectivity index (χ4n) is 1.92. The van der Waals surface area contributed by atoms with Crippen LogP contribution in [0.1, 0.15) is 11.9 Å². The van der Waals surface area contributed by atoms with Gasteiger partial charge in [-0.1, -0.05) is 6.07 Å². The number of halogens is 1. The molecule has 2 N–H and O–H groups in total. The number of para-hydroxylation sites is 1. The van der Waals surface area contributed by atoms with Crippen molar-refractivity contribution < 1.29 is 4.39 Å². The summed E-state index contributed by atoms with van der Waals surface area (Å²) < 4.78 is 13.5. The molecule has 1 unspecified atom stereocenters. The predicted molar refractivity (Wildman–Crippen MR) is 64.1 cm³/mol. The zero-order valence-corrected chi connectivity index (χ0v) is 9.48. The highest BCUT2D eigenvalue weighted by molar-refractivity contribution is 7.99. The zero-order chi connectivity index (χ0) is 11.0. The van der Waals surface area contributed by atoms with E-state index in [0.717, 1.165) is 29.4 Å². The van der Waals surface area contributed by atoms with Crippen molar-refractivity contribution in [1.29, 1.82) is 0 Å². The van der Waals surface area contributed by atoms with E-state index in [0.29, 0.717) is 5.52 Å². The summed E-state index contributed by atoms with van der Waals surface area (Å²) in [5, 5.41) is 3.38. The molecule has 84 valence electrons. The fraction of sp³-hybridized carbons (Fsp3) is 0.364. The van der Waals surface area contributed by atoms with Gasteiger partial charge in [-0.25, -0.2) is 9.37 Å². The summed E-state index contributed by atoms with van der Waals surface area (Å²) in [5.41, 5.74) is 1.21. The number of hydrogen-bond donors (Lipinski definition) is 2. The standard InChI is InChI=1S/C11H12FN3S/c12-7-2-1-3-8-10(7)15-11(14-8)9-6-16-5-4-13-9/h1-3,9,13H,4-6H2,(H,14,15). The molecule has 1 atom stereocenters. The van der Waals surface area contributed by atoms with Gasteiger partial charge in [0.05, 0.1) is 11.6 Å². The van der Waals surface area contributed by atoms with Crippen LogP contribution < -0.4 is 5.32 Å². The highest BCUT2D eigenvalue weighted by atomic mass is 32.2. The third-order valence-corrected chi connectivity index (χ3v) is 3.80. The van der Waals surface area contributed by atoms with E-state index in [1.807, 2.05) is 17.8 Å². The first-order chi connectivity index (χ1) is 7.84. The van der Waals surface area contributed by atoms with E-state index in [4.69, 9.17) is 0 Å². The van der Waals surface area contributed by atoms with Crippen molar-refractivity contribution in [1.82, 2.24) is 15.3 Å². The second kappa shape index (κ2) is 4.07. The molecule has 3 nitrogen and oxygen atoms in total. The Morgan fingerprint density at radius 2 is 2.38 bits per heavy atom. The molecule has 0 saturated carbocycles. The highest BCUT2D eigenvalue weighted by Crippen LogP contribution is 2.23. The molecule has 1 saturated heterocycles. The van der Waals surface area contributed by atoms with Crippen LogP contribution in [0.15, 0.2) is 18.2 Å². The predicted octanol–water partition coefficient (Wildman–Crippen LogP) is 2.08. The van der Waals surface area contributed by atoms with E-state index in [2.05, 4.69) is 15.3 Å². The number of aromatic amines is 1. The molecule has 3 rings (SSSR count). The van der Waals surface area contributed by atoms with Gasteiger partial charge in [0.2, 0.25) is 0 Å². The van der Waals surface area contributed by atoms with Crippen LogP contribution in [-0.4, -0.2) is 28.0 Å². The summed E-state index contributed by atoms with van der Waals surface area (Å²) in [6.45, 7) is 0.981. The molecule has 1 fully saturated rings.